The fourth-order valence-corrected chi connectivity index (χ4v) is 3.79. The molecule has 2 aliphatic rings. The average Bonchev–Trinajstić information content (AvgIpc) is 2.94. The lowest BCUT2D eigenvalue weighted by Gasteiger charge is -2.45. The van der Waals surface area contributed by atoms with Gasteiger partial charge in [-0.3, -0.25) is 9.80 Å². The number of allylic oxidation sites excluding steroid dienone is 1. The third kappa shape index (κ3) is 3.21. The van der Waals surface area contributed by atoms with E-state index < -0.39 is 0 Å². The Labute approximate surface area is 119 Å². The number of likely N-dealkylation sites (tertiary alicyclic amines) is 1. The summed E-state index contributed by atoms with van der Waals surface area (Å²) in [6, 6.07) is 0.539. The van der Waals surface area contributed by atoms with Crippen molar-refractivity contribution in [3.63, 3.8) is 0 Å². The standard InChI is InChI=1S/C16H31N3/c1-5-15(14(2)18-12-9-17-13-18)16(3,4)19-10-7-6-8-11-19/h5,14,17H,6-13H2,1-4H3/b15-5+. The van der Waals surface area contributed by atoms with E-state index in [0.717, 1.165) is 13.2 Å². The molecule has 0 saturated carbocycles. The molecule has 2 heterocycles. The van der Waals surface area contributed by atoms with Gasteiger partial charge in [0.2, 0.25) is 0 Å². The minimum Gasteiger partial charge on any atom is -0.303 e. The molecular formula is C16H31N3. The van der Waals surface area contributed by atoms with Crippen LogP contribution in [0.2, 0.25) is 0 Å². The molecule has 0 aromatic rings. The SMILES string of the molecule is C/C=C(\C(C)N1CCNC1)C(C)(C)N1CCCCC1. The van der Waals surface area contributed by atoms with Gasteiger partial charge in [-0.2, -0.15) is 0 Å². The van der Waals surface area contributed by atoms with Gasteiger partial charge in [0.1, 0.15) is 0 Å². The highest BCUT2D eigenvalue weighted by molar-refractivity contribution is 5.23. The zero-order valence-corrected chi connectivity index (χ0v) is 13.2. The van der Waals surface area contributed by atoms with Crippen LogP contribution in [0.25, 0.3) is 0 Å². The number of hydrogen-bond acceptors (Lipinski definition) is 3. The second-order valence-corrected chi connectivity index (χ2v) is 6.50. The third-order valence-electron chi connectivity index (χ3n) is 5.05. The zero-order chi connectivity index (χ0) is 13.9. The predicted octanol–water partition coefficient (Wildman–Crippen LogP) is 2.45. The Hall–Kier alpha value is -0.380. The first-order valence-corrected chi connectivity index (χ1v) is 7.94. The Morgan fingerprint density at radius 3 is 2.37 bits per heavy atom. The van der Waals surface area contributed by atoms with Gasteiger partial charge in [0, 0.05) is 31.3 Å². The lowest BCUT2D eigenvalue weighted by molar-refractivity contribution is 0.107. The van der Waals surface area contributed by atoms with Gasteiger partial charge in [0.15, 0.2) is 0 Å². The van der Waals surface area contributed by atoms with Crippen molar-refractivity contribution in [2.75, 3.05) is 32.8 Å². The number of piperidine rings is 1. The van der Waals surface area contributed by atoms with Crippen LogP contribution in [0.15, 0.2) is 11.6 Å². The third-order valence-corrected chi connectivity index (χ3v) is 5.05. The van der Waals surface area contributed by atoms with Crippen LogP contribution in [0, 0.1) is 0 Å². The molecule has 1 unspecified atom stereocenters. The van der Waals surface area contributed by atoms with Crippen LogP contribution in [-0.2, 0) is 0 Å². The minimum absolute atomic E-state index is 0.192. The first-order valence-electron chi connectivity index (χ1n) is 7.94. The monoisotopic (exact) mass is 265 g/mol. The summed E-state index contributed by atoms with van der Waals surface area (Å²) in [5.74, 6) is 0. The summed E-state index contributed by atoms with van der Waals surface area (Å²) in [5, 5.41) is 3.45. The average molecular weight is 265 g/mol. The highest BCUT2D eigenvalue weighted by Crippen LogP contribution is 2.31. The van der Waals surface area contributed by atoms with Gasteiger partial charge >= 0.3 is 0 Å². The maximum absolute atomic E-state index is 3.45. The lowest BCUT2D eigenvalue weighted by atomic mass is 9.85. The van der Waals surface area contributed by atoms with E-state index in [1.54, 1.807) is 5.57 Å². The van der Waals surface area contributed by atoms with E-state index in [0.29, 0.717) is 6.04 Å². The van der Waals surface area contributed by atoms with Crippen molar-refractivity contribution >= 4 is 0 Å². The van der Waals surface area contributed by atoms with E-state index in [9.17, 15) is 0 Å². The number of hydrogen-bond donors (Lipinski definition) is 1. The molecule has 0 aliphatic carbocycles. The van der Waals surface area contributed by atoms with Gasteiger partial charge in [-0.25, -0.2) is 0 Å². The Morgan fingerprint density at radius 2 is 1.84 bits per heavy atom. The summed E-state index contributed by atoms with van der Waals surface area (Å²) in [6.45, 7) is 15.3. The van der Waals surface area contributed by atoms with Gasteiger partial charge in [0.25, 0.3) is 0 Å². The number of nitrogens with one attached hydrogen (secondary N) is 1. The quantitative estimate of drug-likeness (QED) is 0.788. The maximum Gasteiger partial charge on any atom is 0.0486 e. The molecule has 0 radical (unpaired) electrons. The summed E-state index contributed by atoms with van der Waals surface area (Å²) >= 11 is 0. The molecule has 110 valence electrons. The van der Waals surface area contributed by atoms with Gasteiger partial charge in [-0.1, -0.05) is 12.5 Å². The van der Waals surface area contributed by atoms with Gasteiger partial charge in [-0.05, 0) is 59.2 Å². The lowest BCUT2D eigenvalue weighted by Crippen LogP contribution is -2.52. The molecule has 0 spiro atoms. The molecule has 2 aliphatic heterocycles. The molecule has 0 bridgehead atoms. The van der Waals surface area contributed by atoms with Crippen LogP contribution in [-0.4, -0.2) is 54.2 Å². The van der Waals surface area contributed by atoms with Gasteiger partial charge < -0.3 is 5.32 Å². The second kappa shape index (κ2) is 6.38. The molecule has 19 heavy (non-hydrogen) atoms. The van der Waals surface area contributed by atoms with E-state index in [-0.39, 0.29) is 5.54 Å². The summed E-state index contributed by atoms with van der Waals surface area (Å²) in [5.41, 5.74) is 1.77. The molecule has 0 amide bonds. The highest BCUT2D eigenvalue weighted by atomic mass is 15.3. The van der Waals surface area contributed by atoms with Crippen LogP contribution >= 0.6 is 0 Å². The smallest absolute Gasteiger partial charge is 0.0486 e. The Balaban J connectivity index is 2.10. The molecular weight excluding hydrogens is 234 g/mol. The van der Waals surface area contributed by atoms with Crippen LogP contribution < -0.4 is 5.32 Å². The molecule has 2 rings (SSSR count). The number of nitrogens with zero attached hydrogens (tertiary/aromatic N) is 2. The molecule has 2 saturated heterocycles. The largest absolute Gasteiger partial charge is 0.303 e. The topological polar surface area (TPSA) is 18.5 Å². The van der Waals surface area contributed by atoms with Crippen LogP contribution in [0.5, 0.6) is 0 Å². The van der Waals surface area contributed by atoms with Crippen molar-refractivity contribution in [3.8, 4) is 0 Å². The molecule has 3 nitrogen and oxygen atoms in total. The number of rotatable bonds is 4. The second-order valence-electron chi connectivity index (χ2n) is 6.50. The fraction of sp³-hybridized carbons (Fsp3) is 0.875. The van der Waals surface area contributed by atoms with E-state index in [1.165, 1.54) is 38.9 Å². The van der Waals surface area contributed by atoms with Gasteiger partial charge in [-0.15, -0.1) is 0 Å². The molecule has 3 heteroatoms. The summed E-state index contributed by atoms with van der Waals surface area (Å²) in [6.07, 6.45) is 6.49. The van der Waals surface area contributed by atoms with Crippen LogP contribution in [0.4, 0.5) is 0 Å². The summed E-state index contributed by atoms with van der Waals surface area (Å²) < 4.78 is 0. The normalized spacial score (nSPS) is 25.8. The van der Waals surface area contributed by atoms with E-state index in [4.69, 9.17) is 0 Å². The van der Waals surface area contributed by atoms with Crippen molar-refractivity contribution in [3.05, 3.63) is 11.6 Å². The Morgan fingerprint density at radius 1 is 1.16 bits per heavy atom. The van der Waals surface area contributed by atoms with Crippen molar-refractivity contribution in [1.29, 1.82) is 0 Å². The van der Waals surface area contributed by atoms with Crippen molar-refractivity contribution < 1.29 is 0 Å². The van der Waals surface area contributed by atoms with E-state index in [2.05, 4.69) is 48.9 Å². The highest BCUT2D eigenvalue weighted by Gasteiger charge is 2.35. The minimum atomic E-state index is 0.192. The Kier molecular flexibility index (Phi) is 5.04. The summed E-state index contributed by atoms with van der Waals surface area (Å²) in [7, 11) is 0. The molecule has 1 N–H and O–H groups in total. The molecule has 2 fully saturated rings. The van der Waals surface area contributed by atoms with Crippen molar-refractivity contribution in [2.24, 2.45) is 0 Å². The Bertz CT molecular complexity index is 310. The summed E-state index contributed by atoms with van der Waals surface area (Å²) in [4.78, 5) is 5.24. The first-order chi connectivity index (χ1) is 9.07. The molecule has 1 atom stereocenters. The zero-order valence-electron chi connectivity index (χ0n) is 13.2. The van der Waals surface area contributed by atoms with E-state index >= 15 is 0 Å². The van der Waals surface area contributed by atoms with Gasteiger partial charge in [0.05, 0.1) is 0 Å². The van der Waals surface area contributed by atoms with Crippen molar-refractivity contribution in [1.82, 2.24) is 15.1 Å². The predicted molar refractivity (Wildman–Crippen MR) is 82.3 cm³/mol. The maximum atomic E-state index is 3.45. The van der Waals surface area contributed by atoms with Crippen LogP contribution in [0.3, 0.4) is 0 Å². The fourth-order valence-electron chi connectivity index (χ4n) is 3.79. The van der Waals surface area contributed by atoms with E-state index in [1.807, 2.05) is 0 Å². The van der Waals surface area contributed by atoms with Crippen LogP contribution in [0.1, 0.15) is 47.0 Å². The molecule has 0 aromatic heterocycles. The van der Waals surface area contributed by atoms with Crippen molar-refractivity contribution in [2.45, 2.75) is 58.5 Å². The molecule has 0 aromatic carbocycles. The first kappa shape index (κ1) is 15.0.